The second-order valence-corrected chi connectivity index (χ2v) is 3.96. The van der Waals surface area contributed by atoms with E-state index in [-0.39, 0.29) is 12.2 Å². The van der Waals surface area contributed by atoms with Crippen LogP contribution in [0, 0.1) is 5.95 Å². The lowest BCUT2D eigenvalue weighted by atomic mass is 9.97. The van der Waals surface area contributed by atoms with Gasteiger partial charge in [-0.25, -0.2) is 4.98 Å². The maximum Gasteiger partial charge on any atom is 0.270 e. The standard InChI is InChI=1S/C12H17FN2O2/c1-3-12(17,4-2)8-14-11(16)9-6-5-7-10(13)15-9/h5-7,17H,3-4,8H2,1-2H3,(H,14,16). The number of aromatic nitrogens is 1. The van der Waals surface area contributed by atoms with E-state index < -0.39 is 17.5 Å². The lowest BCUT2D eigenvalue weighted by molar-refractivity contribution is 0.0313. The number of carbonyl (C=O) groups is 1. The summed E-state index contributed by atoms with van der Waals surface area (Å²) < 4.78 is 12.8. The van der Waals surface area contributed by atoms with Crippen molar-refractivity contribution in [3.63, 3.8) is 0 Å². The van der Waals surface area contributed by atoms with E-state index in [1.165, 1.54) is 18.2 Å². The first-order valence-electron chi connectivity index (χ1n) is 5.64. The van der Waals surface area contributed by atoms with Crippen LogP contribution in [0.25, 0.3) is 0 Å². The summed E-state index contributed by atoms with van der Waals surface area (Å²) in [6.45, 7) is 3.82. The van der Waals surface area contributed by atoms with Gasteiger partial charge in [0.2, 0.25) is 5.95 Å². The summed E-state index contributed by atoms with van der Waals surface area (Å²) in [4.78, 5) is 15.1. The molecule has 0 saturated carbocycles. The van der Waals surface area contributed by atoms with Gasteiger partial charge in [0.05, 0.1) is 5.60 Å². The second kappa shape index (κ2) is 5.72. The molecule has 0 fully saturated rings. The molecule has 0 saturated heterocycles. The first-order valence-corrected chi connectivity index (χ1v) is 5.64. The zero-order valence-electron chi connectivity index (χ0n) is 10.0. The smallest absolute Gasteiger partial charge is 0.270 e. The van der Waals surface area contributed by atoms with Gasteiger partial charge in [-0.1, -0.05) is 19.9 Å². The maximum absolute atomic E-state index is 12.8. The third kappa shape index (κ3) is 3.78. The largest absolute Gasteiger partial charge is 0.388 e. The number of nitrogens with one attached hydrogen (secondary N) is 1. The number of pyridine rings is 1. The van der Waals surface area contributed by atoms with Crippen molar-refractivity contribution in [2.45, 2.75) is 32.3 Å². The molecule has 94 valence electrons. The highest BCUT2D eigenvalue weighted by molar-refractivity contribution is 5.92. The molecule has 0 atom stereocenters. The Hall–Kier alpha value is -1.49. The fourth-order valence-electron chi connectivity index (χ4n) is 1.37. The third-order valence-corrected chi connectivity index (χ3v) is 2.84. The summed E-state index contributed by atoms with van der Waals surface area (Å²) in [7, 11) is 0. The van der Waals surface area contributed by atoms with E-state index in [9.17, 15) is 14.3 Å². The first-order chi connectivity index (χ1) is 8.00. The quantitative estimate of drug-likeness (QED) is 0.767. The average molecular weight is 240 g/mol. The number of carbonyl (C=O) groups excluding carboxylic acids is 1. The summed E-state index contributed by atoms with van der Waals surface area (Å²) in [5, 5.41) is 12.5. The van der Waals surface area contributed by atoms with Crippen LogP contribution in [0.2, 0.25) is 0 Å². The van der Waals surface area contributed by atoms with Crippen molar-refractivity contribution >= 4 is 5.91 Å². The number of aliphatic hydroxyl groups is 1. The summed E-state index contributed by atoms with van der Waals surface area (Å²) >= 11 is 0. The predicted octanol–water partition coefficient (Wildman–Crippen LogP) is 1.50. The van der Waals surface area contributed by atoms with Crippen LogP contribution in [-0.4, -0.2) is 28.1 Å². The first kappa shape index (κ1) is 13.6. The Morgan fingerprint density at radius 3 is 2.65 bits per heavy atom. The van der Waals surface area contributed by atoms with Gasteiger partial charge in [0.25, 0.3) is 5.91 Å². The summed E-state index contributed by atoms with van der Waals surface area (Å²) in [6.07, 6.45) is 1.08. The van der Waals surface area contributed by atoms with Gasteiger partial charge < -0.3 is 10.4 Å². The maximum atomic E-state index is 12.8. The normalized spacial score (nSPS) is 11.3. The number of hydrogen-bond acceptors (Lipinski definition) is 3. The molecule has 0 aliphatic carbocycles. The molecule has 17 heavy (non-hydrogen) atoms. The van der Waals surface area contributed by atoms with Gasteiger partial charge in [-0.2, -0.15) is 4.39 Å². The molecule has 5 heteroatoms. The molecule has 0 spiro atoms. The molecule has 1 aromatic heterocycles. The summed E-state index contributed by atoms with van der Waals surface area (Å²) in [5.74, 6) is -1.18. The van der Waals surface area contributed by atoms with Crippen molar-refractivity contribution < 1.29 is 14.3 Å². The lowest BCUT2D eigenvalue weighted by Gasteiger charge is -2.25. The highest BCUT2D eigenvalue weighted by Crippen LogP contribution is 2.13. The van der Waals surface area contributed by atoms with Crippen molar-refractivity contribution in [3.05, 3.63) is 29.8 Å². The van der Waals surface area contributed by atoms with Crippen molar-refractivity contribution in [3.8, 4) is 0 Å². The molecule has 0 bridgehead atoms. The number of nitrogens with zero attached hydrogens (tertiary/aromatic N) is 1. The molecule has 0 aliphatic heterocycles. The van der Waals surface area contributed by atoms with E-state index in [0.717, 1.165) is 0 Å². The minimum Gasteiger partial charge on any atom is -0.388 e. The number of halogens is 1. The van der Waals surface area contributed by atoms with E-state index in [1.54, 1.807) is 0 Å². The second-order valence-electron chi connectivity index (χ2n) is 3.96. The fraction of sp³-hybridized carbons (Fsp3) is 0.500. The van der Waals surface area contributed by atoms with Crippen molar-refractivity contribution in [2.24, 2.45) is 0 Å². The van der Waals surface area contributed by atoms with Gasteiger partial charge in [0.15, 0.2) is 0 Å². The van der Waals surface area contributed by atoms with Gasteiger partial charge >= 0.3 is 0 Å². The molecule has 0 radical (unpaired) electrons. The molecule has 4 nitrogen and oxygen atoms in total. The van der Waals surface area contributed by atoms with E-state index in [4.69, 9.17) is 0 Å². The Balaban J connectivity index is 2.62. The number of rotatable bonds is 5. The van der Waals surface area contributed by atoms with Gasteiger partial charge in [0, 0.05) is 6.54 Å². The van der Waals surface area contributed by atoms with Gasteiger partial charge in [-0.15, -0.1) is 0 Å². The van der Waals surface area contributed by atoms with Crippen LogP contribution in [0.4, 0.5) is 4.39 Å². The number of hydrogen-bond donors (Lipinski definition) is 2. The van der Waals surface area contributed by atoms with Crippen molar-refractivity contribution in [1.29, 1.82) is 0 Å². The van der Waals surface area contributed by atoms with Crippen molar-refractivity contribution in [2.75, 3.05) is 6.54 Å². The third-order valence-electron chi connectivity index (χ3n) is 2.84. The highest BCUT2D eigenvalue weighted by Gasteiger charge is 2.23. The van der Waals surface area contributed by atoms with E-state index in [0.29, 0.717) is 12.8 Å². The van der Waals surface area contributed by atoms with Crippen LogP contribution >= 0.6 is 0 Å². The highest BCUT2D eigenvalue weighted by atomic mass is 19.1. The minimum atomic E-state index is -0.914. The van der Waals surface area contributed by atoms with Gasteiger partial charge in [-0.3, -0.25) is 4.79 Å². The van der Waals surface area contributed by atoms with Crippen molar-refractivity contribution in [1.82, 2.24) is 10.3 Å². The topological polar surface area (TPSA) is 62.2 Å². The molecule has 1 amide bonds. The van der Waals surface area contributed by atoms with E-state index in [2.05, 4.69) is 10.3 Å². The van der Waals surface area contributed by atoms with Crippen LogP contribution < -0.4 is 5.32 Å². The zero-order chi connectivity index (χ0) is 12.9. The van der Waals surface area contributed by atoms with Crippen LogP contribution in [0.15, 0.2) is 18.2 Å². The molecular weight excluding hydrogens is 223 g/mol. The van der Waals surface area contributed by atoms with E-state index in [1.807, 2.05) is 13.8 Å². The Morgan fingerprint density at radius 2 is 2.12 bits per heavy atom. The molecule has 0 aromatic carbocycles. The van der Waals surface area contributed by atoms with Gasteiger partial charge in [0.1, 0.15) is 5.69 Å². The van der Waals surface area contributed by atoms with E-state index >= 15 is 0 Å². The molecule has 1 rings (SSSR count). The summed E-state index contributed by atoms with van der Waals surface area (Å²) in [5.41, 5.74) is -0.900. The zero-order valence-corrected chi connectivity index (χ0v) is 10.0. The molecule has 1 aromatic rings. The molecular formula is C12H17FN2O2. The Kier molecular flexibility index (Phi) is 4.57. The Labute approximate surface area is 99.9 Å². The van der Waals surface area contributed by atoms with Gasteiger partial charge in [-0.05, 0) is 25.0 Å². The molecule has 1 heterocycles. The molecule has 0 unspecified atom stereocenters. The predicted molar refractivity (Wildman–Crippen MR) is 62.1 cm³/mol. The Morgan fingerprint density at radius 1 is 1.47 bits per heavy atom. The average Bonchev–Trinajstić information content (AvgIpc) is 2.35. The van der Waals surface area contributed by atoms with Crippen LogP contribution in [0.1, 0.15) is 37.2 Å². The summed E-state index contributed by atoms with van der Waals surface area (Å²) in [6, 6.07) is 4.02. The SMILES string of the molecule is CCC(O)(CC)CNC(=O)c1cccc(F)n1. The fourth-order valence-corrected chi connectivity index (χ4v) is 1.37. The molecule has 0 aliphatic rings. The van der Waals surface area contributed by atoms with Crippen LogP contribution in [0.5, 0.6) is 0 Å². The van der Waals surface area contributed by atoms with Crippen LogP contribution in [-0.2, 0) is 0 Å². The minimum absolute atomic E-state index is 0.0135. The van der Waals surface area contributed by atoms with Crippen LogP contribution in [0.3, 0.4) is 0 Å². The lowest BCUT2D eigenvalue weighted by Crippen LogP contribution is -2.42. The Bertz CT molecular complexity index is 392. The molecule has 2 N–H and O–H groups in total. The monoisotopic (exact) mass is 240 g/mol. The number of amides is 1.